The van der Waals surface area contributed by atoms with Crippen LogP contribution in [-0.2, 0) is 4.79 Å². The average Bonchev–Trinajstić information content (AvgIpc) is 3.20. The summed E-state index contributed by atoms with van der Waals surface area (Å²) >= 11 is 13.8. The lowest BCUT2D eigenvalue weighted by atomic mass is 9.98. The molecule has 0 fully saturated rings. The summed E-state index contributed by atoms with van der Waals surface area (Å²) in [5, 5.41) is 10.1. The summed E-state index contributed by atoms with van der Waals surface area (Å²) in [4.78, 5) is 17.3. The van der Waals surface area contributed by atoms with E-state index in [-0.39, 0.29) is 11.8 Å². The summed E-state index contributed by atoms with van der Waals surface area (Å²) in [5.74, 6) is 0.130. The smallest absolute Gasteiger partial charge is 0.227 e. The second kappa shape index (κ2) is 10.8. The zero-order valence-electron chi connectivity index (χ0n) is 17.0. The monoisotopic (exact) mass is 461 g/mol. The molecule has 1 atom stereocenters. The molecule has 1 amide bonds. The minimum Gasteiger partial charge on any atom is -0.330 e. The Hall–Kier alpha value is -2.08. The molecule has 2 N–H and O–H groups in total. The highest BCUT2D eigenvalue weighted by molar-refractivity contribution is 7.14. The van der Waals surface area contributed by atoms with Gasteiger partial charge in [0, 0.05) is 27.6 Å². The summed E-state index contributed by atoms with van der Waals surface area (Å²) in [6.45, 7) is 4.21. The fourth-order valence-electron chi connectivity index (χ4n) is 3.14. The first-order valence-electron chi connectivity index (χ1n) is 10.1. The number of halogens is 2. The van der Waals surface area contributed by atoms with Gasteiger partial charge in [-0.2, -0.15) is 0 Å². The summed E-state index contributed by atoms with van der Waals surface area (Å²) in [5.41, 5.74) is 3.27. The van der Waals surface area contributed by atoms with Crippen molar-refractivity contribution in [1.82, 2.24) is 4.98 Å². The minimum atomic E-state index is 0.0473. The van der Waals surface area contributed by atoms with E-state index >= 15 is 0 Å². The molecule has 7 heteroatoms. The van der Waals surface area contributed by atoms with Crippen LogP contribution < -0.4 is 10.6 Å². The topological polar surface area (TPSA) is 54.0 Å². The third-order valence-corrected chi connectivity index (χ3v) is 6.19. The van der Waals surface area contributed by atoms with Crippen molar-refractivity contribution in [3.63, 3.8) is 0 Å². The molecule has 1 unspecified atom stereocenters. The van der Waals surface area contributed by atoms with Crippen LogP contribution in [0.5, 0.6) is 0 Å². The van der Waals surface area contributed by atoms with Crippen LogP contribution in [0.2, 0.25) is 10.0 Å². The van der Waals surface area contributed by atoms with E-state index in [1.807, 2.05) is 29.6 Å². The second-order valence-electron chi connectivity index (χ2n) is 7.10. The highest BCUT2D eigenvalue weighted by Crippen LogP contribution is 2.32. The maximum Gasteiger partial charge on any atom is 0.227 e. The SMILES string of the molecule is CCCCC(CC)C(=O)Nc1cccc(-c2csc(Nc3cc(Cl)ccc3Cl)n2)c1. The molecule has 30 heavy (non-hydrogen) atoms. The Morgan fingerprint density at radius 2 is 2.00 bits per heavy atom. The number of aromatic nitrogens is 1. The third kappa shape index (κ3) is 5.97. The van der Waals surface area contributed by atoms with E-state index in [1.54, 1.807) is 18.2 Å². The van der Waals surface area contributed by atoms with Gasteiger partial charge in [0.25, 0.3) is 0 Å². The summed E-state index contributed by atoms with van der Waals surface area (Å²) in [6, 6.07) is 13.0. The maximum absolute atomic E-state index is 12.6. The van der Waals surface area contributed by atoms with E-state index < -0.39 is 0 Å². The molecule has 0 aliphatic rings. The molecule has 0 aliphatic heterocycles. The molecular weight excluding hydrogens is 437 g/mol. The van der Waals surface area contributed by atoms with E-state index in [1.165, 1.54) is 11.3 Å². The van der Waals surface area contributed by atoms with Crippen LogP contribution in [0.1, 0.15) is 39.5 Å². The Kier molecular flexibility index (Phi) is 8.14. The van der Waals surface area contributed by atoms with Crippen molar-refractivity contribution in [2.75, 3.05) is 10.6 Å². The lowest BCUT2D eigenvalue weighted by Gasteiger charge is -2.15. The number of hydrogen-bond acceptors (Lipinski definition) is 4. The molecule has 1 heterocycles. The number of amides is 1. The molecule has 0 aliphatic carbocycles. The number of hydrogen-bond donors (Lipinski definition) is 2. The predicted octanol–water partition coefficient (Wildman–Crippen LogP) is 8.02. The van der Waals surface area contributed by atoms with Crippen molar-refractivity contribution in [2.45, 2.75) is 39.5 Å². The Morgan fingerprint density at radius 1 is 1.17 bits per heavy atom. The van der Waals surface area contributed by atoms with Crippen molar-refractivity contribution in [2.24, 2.45) is 5.92 Å². The van der Waals surface area contributed by atoms with E-state index in [0.717, 1.165) is 42.6 Å². The number of carbonyl (C=O) groups is 1. The Bertz CT molecular complexity index is 1010. The van der Waals surface area contributed by atoms with Crippen LogP contribution >= 0.6 is 34.5 Å². The number of thiazole rings is 1. The number of nitrogens with zero attached hydrogens (tertiary/aromatic N) is 1. The Balaban J connectivity index is 1.72. The van der Waals surface area contributed by atoms with Crippen molar-refractivity contribution in [3.05, 3.63) is 57.9 Å². The Labute approximate surface area is 191 Å². The van der Waals surface area contributed by atoms with Crippen molar-refractivity contribution in [3.8, 4) is 11.3 Å². The van der Waals surface area contributed by atoms with Crippen LogP contribution in [0.25, 0.3) is 11.3 Å². The minimum absolute atomic E-state index is 0.0473. The first-order chi connectivity index (χ1) is 14.5. The molecule has 158 valence electrons. The van der Waals surface area contributed by atoms with Gasteiger partial charge < -0.3 is 10.6 Å². The van der Waals surface area contributed by atoms with Crippen LogP contribution in [-0.4, -0.2) is 10.9 Å². The average molecular weight is 462 g/mol. The van der Waals surface area contributed by atoms with E-state index in [4.69, 9.17) is 23.2 Å². The highest BCUT2D eigenvalue weighted by atomic mass is 35.5. The third-order valence-electron chi connectivity index (χ3n) is 4.87. The molecular formula is C23H25Cl2N3OS. The number of benzene rings is 2. The van der Waals surface area contributed by atoms with E-state index in [0.29, 0.717) is 20.9 Å². The lowest BCUT2D eigenvalue weighted by Crippen LogP contribution is -2.22. The van der Waals surface area contributed by atoms with Crippen LogP contribution in [0.15, 0.2) is 47.8 Å². The van der Waals surface area contributed by atoms with E-state index in [9.17, 15) is 4.79 Å². The van der Waals surface area contributed by atoms with Gasteiger partial charge in [-0.25, -0.2) is 4.98 Å². The van der Waals surface area contributed by atoms with Crippen molar-refractivity contribution in [1.29, 1.82) is 0 Å². The van der Waals surface area contributed by atoms with Crippen molar-refractivity contribution < 1.29 is 4.79 Å². The largest absolute Gasteiger partial charge is 0.330 e. The van der Waals surface area contributed by atoms with Gasteiger partial charge in [-0.1, -0.05) is 62.0 Å². The summed E-state index contributed by atoms with van der Waals surface area (Å²) in [7, 11) is 0. The number of anilines is 3. The zero-order valence-corrected chi connectivity index (χ0v) is 19.4. The first kappa shape index (κ1) is 22.6. The molecule has 1 aromatic heterocycles. The predicted molar refractivity (Wildman–Crippen MR) is 129 cm³/mol. The molecule has 0 radical (unpaired) electrons. The fourth-order valence-corrected chi connectivity index (χ4v) is 4.21. The first-order valence-corrected chi connectivity index (χ1v) is 11.7. The maximum atomic E-state index is 12.6. The quantitative estimate of drug-likeness (QED) is 0.339. The number of nitrogens with one attached hydrogen (secondary N) is 2. The van der Waals surface area contributed by atoms with Gasteiger partial charge >= 0.3 is 0 Å². The standard InChI is InChI=1S/C23H25Cl2N3OS/c1-3-5-7-15(4-2)22(29)26-18-9-6-8-16(12-18)21-14-30-23(28-21)27-20-13-17(24)10-11-19(20)25/h6,8-15H,3-5,7H2,1-2H3,(H,26,29)(H,27,28). The normalized spacial score (nSPS) is 11.9. The highest BCUT2D eigenvalue weighted by Gasteiger charge is 2.16. The van der Waals surface area contributed by atoms with Gasteiger partial charge in [-0.05, 0) is 43.2 Å². The summed E-state index contributed by atoms with van der Waals surface area (Å²) in [6.07, 6.45) is 3.93. The van der Waals surface area contributed by atoms with Gasteiger partial charge in [-0.15, -0.1) is 11.3 Å². The number of rotatable bonds is 9. The van der Waals surface area contributed by atoms with Crippen LogP contribution in [0, 0.1) is 5.92 Å². The van der Waals surface area contributed by atoms with Crippen LogP contribution in [0.3, 0.4) is 0 Å². The van der Waals surface area contributed by atoms with Gasteiger partial charge in [0.1, 0.15) is 0 Å². The molecule has 0 bridgehead atoms. The molecule has 0 spiro atoms. The lowest BCUT2D eigenvalue weighted by molar-refractivity contribution is -0.120. The molecule has 4 nitrogen and oxygen atoms in total. The summed E-state index contributed by atoms with van der Waals surface area (Å²) < 4.78 is 0. The van der Waals surface area contributed by atoms with Gasteiger partial charge in [0.15, 0.2) is 5.13 Å². The Morgan fingerprint density at radius 3 is 2.77 bits per heavy atom. The molecule has 2 aromatic carbocycles. The fraction of sp³-hybridized carbons (Fsp3) is 0.304. The van der Waals surface area contributed by atoms with Crippen LogP contribution in [0.4, 0.5) is 16.5 Å². The van der Waals surface area contributed by atoms with Gasteiger partial charge in [-0.3, -0.25) is 4.79 Å². The zero-order chi connectivity index (χ0) is 21.5. The number of carbonyl (C=O) groups excluding carboxylic acids is 1. The second-order valence-corrected chi connectivity index (χ2v) is 8.81. The number of unbranched alkanes of at least 4 members (excludes halogenated alkanes) is 1. The van der Waals surface area contributed by atoms with Gasteiger partial charge in [0.2, 0.25) is 5.91 Å². The van der Waals surface area contributed by atoms with E-state index in [2.05, 4.69) is 29.5 Å². The molecule has 3 aromatic rings. The van der Waals surface area contributed by atoms with Gasteiger partial charge in [0.05, 0.1) is 16.4 Å². The molecule has 0 saturated heterocycles. The van der Waals surface area contributed by atoms with Crippen molar-refractivity contribution >= 4 is 57.0 Å². The molecule has 3 rings (SSSR count). The molecule has 0 saturated carbocycles.